The molecule has 0 bridgehead atoms. The number of hydrogen-bond acceptors (Lipinski definition) is 7. The van der Waals surface area contributed by atoms with E-state index < -0.39 is 0 Å². The maximum Gasteiger partial charge on any atom is 0.247 e. The van der Waals surface area contributed by atoms with Gasteiger partial charge >= 0.3 is 0 Å². The molecule has 0 saturated carbocycles. The Morgan fingerprint density at radius 2 is 1.68 bits per heavy atom. The zero-order valence-corrected chi connectivity index (χ0v) is 14.1. The number of anilines is 1. The summed E-state index contributed by atoms with van der Waals surface area (Å²) >= 11 is 1.61. The topological polar surface area (TPSA) is 90.7 Å². The highest BCUT2D eigenvalue weighted by molar-refractivity contribution is 7.97. The van der Waals surface area contributed by atoms with Gasteiger partial charge in [0, 0.05) is 10.9 Å². The normalized spacial score (nSPS) is 11.0. The molecule has 0 aliphatic heterocycles. The second-order valence-electron chi connectivity index (χ2n) is 5.40. The van der Waals surface area contributed by atoms with Crippen molar-refractivity contribution in [3.05, 3.63) is 66.3 Å². The predicted octanol–water partition coefficient (Wildman–Crippen LogP) is 3.70. The molecule has 2 aromatic carbocycles. The number of aromatic nitrogens is 4. The van der Waals surface area contributed by atoms with E-state index in [1.165, 1.54) is 0 Å². The average Bonchev–Trinajstić information content (AvgIpc) is 3.12. The minimum Gasteiger partial charge on any atom is -0.420 e. The second kappa shape index (κ2) is 6.90. The van der Waals surface area contributed by atoms with Crippen molar-refractivity contribution in [2.24, 2.45) is 0 Å². The lowest BCUT2D eigenvalue weighted by Gasteiger charge is -2.04. The molecule has 4 rings (SSSR count). The van der Waals surface area contributed by atoms with Gasteiger partial charge in [-0.15, -0.1) is 22.0 Å². The van der Waals surface area contributed by atoms with Gasteiger partial charge in [-0.3, -0.25) is 0 Å². The molecule has 25 heavy (non-hydrogen) atoms. The van der Waals surface area contributed by atoms with E-state index in [1.807, 2.05) is 54.6 Å². The van der Waals surface area contributed by atoms with Gasteiger partial charge in [-0.05, 0) is 24.3 Å². The quantitative estimate of drug-likeness (QED) is 0.587. The van der Waals surface area contributed by atoms with Gasteiger partial charge in [0.2, 0.25) is 11.8 Å². The van der Waals surface area contributed by atoms with Gasteiger partial charge in [-0.25, -0.2) is 9.97 Å². The fraction of sp³-hybridized carbons (Fsp3) is 0.111. The third-order valence-corrected chi connectivity index (χ3v) is 4.54. The van der Waals surface area contributed by atoms with Crippen LogP contribution in [0.2, 0.25) is 0 Å². The molecule has 124 valence electrons. The zero-order valence-electron chi connectivity index (χ0n) is 13.3. The molecule has 0 atom stereocenters. The molecule has 7 heteroatoms. The van der Waals surface area contributed by atoms with Crippen molar-refractivity contribution in [2.45, 2.75) is 11.5 Å². The summed E-state index contributed by atoms with van der Waals surface area (Å²) in [4.78, 5) is 8.91. The summed E-state index contributed by atoms with van der Waals surface area (Å²) in [6.45, 7) is 0. The van der Waals surface area contributed by atoms with E-state index in [2.05, 4.69) is 20.2 Å². The summed E-state index contributed by atoms with van der Waals surface area (Å²) in [6.07, 6.45) is 0. The number of nitrogens with two attached hydrogens (primary N) is 1. The summed E-state index contributed by atoms with van der Waals surface area (Å²) in [5, 5.41) is 9.05. The first kappa shape index (κ1) is 15.6. The highest BCUT2D eigenvalue weighted by atomic mass is 32.2. The third-order valence-electron chi connectivity index (χ3n) is 3.62. The van der Waals surface area contributed by atoms with E-state index in [1.54, 1.807) is 11.8 Å². The number of thioether (sulfide) groups is 1. The van der Waals surface area contributed by atoms with Crippen LogP contribution in [-0.4, -0.2) is 20.2 Å². The number of nitrogen functional groups attached to an aromatic ring is 1. The van der Waals surface area contributed by atoms with Crippen LogP contribution in [0.5, 0.6) is 0 Å². The van der Waals surface area contributed by atoms with E-state index in [0.717, 1.165) is 16.5 Å². The Bertz CT molecular complexity index is 1000. The van der Waals surface area contributed by atoms with Gasteiger partial charge in [-0.1, -0.05) is 30.3 Å². The zero-order chi connectivity index (χ0) is 17.1. The van der Waals surface area contributed by atoms with E-state index in [-0.39, 0.29) is 0 Å². The largest absolute Gasteiger partial charge is 0.420 e. The van der Waals surface area contributed by atoms with Crippen LogP contribution in [0.4, 0.5) is 5.82 Å². The van der Waals surface area contributed by atoms with Crippen LogP contribution in [0, 0.1) is 0 Å². The third kappa shape index (κ3) is 3.46. The van der Waals surface area contributed by atoms with Gasteiger partial charge in [0.25, 0.3) is 0 Å². The molecule has 2 aromatic heterocycles. The van der Waals surface area contributed by atoms with Gasteiger partial charge < -0.3 is 10.2 Å². The SMILES string of the molecule is Nc1nc(CSCc2nnc(-c3ccccc3)o2)nc2ccccc12. The lowest BCUT2D eigenvalue weighted by Crippen LogP contribution is -2.00. The van der Waals surface area contributed by atoms with E-state index >= 15 is 0 Å². The molecule has 0 saturated heterocycles. The van der Waals surface area contributed by atoms with Crippen molar-refractivity contribution >= 4 is 28.5 Å². The molecule has 0 radical (unpaired) electrons. The molecule has 0 unspecified atom stereocenters. The minimum absolute atomic E-state index is 0.505. The van der Waals surface area contributed by atoms with E-state index in [0.29, 0.717) is 34.9 Å². The Morgan fingerprint density at radius 1 is 0.880 bits per heavy atom. The molecule has 0 spiro atoms. The van der Waals surface area contributed by atoms with Crippen molar-refractivity contribution in [2.75, 3.05) is 5.73 Å². The van der Waals surface area contributed by atoms with Gasteiger partial charge in [0.1, 0.15) is 11.6 Å². The fourth-order valence-electron chi connectivity index (χ4n) is 2.45. The fourth-order valence-corrected chi connectivity index (χ4v) is 3.16. The van der Waals surface area contributed by atoms with Crippen LogP contribution in [0.3, 0.4) is 0 Å². The first-order chi connectivity index (χ1) is 12.3. The van der Waals surface area contributed by atoms with Gasteiger partial charge in [0.05, 0.1) is 17.0 Å². The van der Waals surface area contributed by atoms with Crippen molar-refractivity contribution in [3.8, 4) is 11.5 Å². The Morgan fingerprint density at radius 3 is 2.56 bits per heavy atom. The highest BCUT2D eigenvalue weighted by Crippen LogP contribution is 2.22. The van der Waals surface area contributed by atoms with Crippen LogP contribution in [0.1, 0.15) is 11.7 Å². The summed E-state index contributed by atoms with van der Waals surface area (Å²) in [5.41, 5.74) is 7.78. The molecule has 2 heterocycles. The Kier molecular flexibility index (Phi) is 4.30. The number of hydrogen-bond donors (Lipinski definition) is 1. The number of benzene rings is 2. The maximum atomic E-state index is 6.01. The van der Waals surface area contributed by atoms with Crippen molar-refractivity contribution in [1.29, 1.82) is 0 Å². The molecule has 0 amide bonds. The van der Waals surface area contributed by atoms with Crippen LogP contribution >= 0.6 is 11.8 Å². The predicted molar refractivity (Wildman–Crippen MR) is 98.7 cm³/mol. The van der Waals surface area contributed by atoms with Gasteiger partial charge in [0.15, 0.2) is 0 Å². The minimum atomic E-state index is 0.505. The molecule has 4 aromatic rings. The van der Waals surface area contributed by atoms with Crippen molar-refractivity contribution in [1.82, 2.24) is 20.2 Å². The second-order valence-corrected chi connectivity index (χ2v) is 6.39. The monoisotopic (exact) mass is 349 g/mol. The summed E-state index contributed by atoms with van der Waals surface area (Å²) in [6, 6.07) is 17.4. The van der Waals surface area contributed by atoms with Crippen LogP contribution in [0.15, 0.2) is 59.0 Å². The summed E-state index contributed by atoms with van der Waals surface area (Å²) < 4.78 is 5.69. The molecular weight excluding hydrogens is 334 g/mol. The molecule has 0 fully saturated rings. The molecule has 6 nitrogen and oxygen atoms in total. The Balaban J connectivity index is 1.42. The van der Waals surface area contributed by atoms with Crippen LogP contribution in [0.25, 0.3) is 22.4 Å². The Hall–Kier alpha value is -2.93. The maximum absolute atomic E-state index is 6.01. The average molecular weight is 349 g/mol. The molecular formula is C18H15N5OS. The molecule has 0 aliphatic rings. The highest BCUT2D eigenvalue weighted by Gasteiger charge is 2.09. The summed E-state index contributed by atoms with van der Waals surface area (Å²) in [5.74, 6) is 3.53. The Labute approximate surface area is 148 Å². The number of rotatable bonds is 5. The lowest BCUT2D eigenvalue weighted by atomic mass is 10.2. The molecule has 0 aliphatic carbocycles. The van der Waals surface area contributed by atoms with Crippen LogP contribution in [-0.2, 0) is 11.5 Å². The first-order valence-electron chi connectivity index (χ1n) is 7.76. The van der Waals surface area contributed by atoms with Crippen LogP contribution < -0.4 is 5.73 Å². The summed E-state index contributed by atoms with van der Waals surface area (Å²) in [7, 11) is 0. The van der Waals surface area contributed by atoms with Crippen molar-refractivity contribution in [3.63, 3.8) is 0 Å². The van der Waals surface area contributed by atoms with Crippen molar-refractivity contribution < 1.29 is 4.42 Å². The van der Waals surface area contributed by atoms with E-state index in [4.69, 9.17) is 10.2 Å². The lowest BCUT2D eigenvalue weighted by molar-refractivity contribution is 0.528. The first-order valence-corrected chi connectivity index (χ1v) is 8.92. The number of para-hydroxylation sites is 1. The molecule has 2 N–H and O–H groups in total. The standard InChI is InChI=1S/C18H15N5OS/c19-17-13-8-4-5-9-14(13)20-15(21-17)10-25-11-16-22-23-18(24-16)12-6-2-1-3-7-12/h1-9H,10-11H2,(H2,19,20,21). The number of fused-ring (bicyclic) bond motifs is 1. The van der Waals surface area contributed by atoms with E-state index in [9.17, 15) is 0 Å². The smallest absolute Gasteiger partial charge is 0.247 e. The number of nitrogens with zero attached hydrogens (tertiary/aromatic N) is 4. The van der Waals surface area contributed by atoms with Gasteiger partial charge in [-0.2, -0.15) is 0 Å².